The third kappa shape index (κ3) is 2.37. The Hall–Kier alpha value is -1.32. The van der Waals surface area contributed by atoms with E-state index in [9.17, 15) is 4.79 Å². The molecule has 0 atom stereocenters. The number of anilines is 1. The number of carbonyl (C=O) groups is 1. The number of rotatable bonds is 2. The summed E-state index contributed by atoms with van der Waals surface area (Å²) in [6.45, 7) is 5.67. The first kappa shape index (κ1) is 10.2. The third-order valence-corrected chi connectivity index (χ3v) is 2.49. The number of carbonyl (C=O) groups excluding carboxylic acids is 1. The summed E-state index contributed by atoms with van der Waals surface area (Å²) >= 11 is 0. The Morgan fingerprint density at radius 3 is 2.73 bits per heavy atom. The monoisotopic (exact) mass is 207 g/mol. The lowest BCUT2D eigenvalue weighted by atomic mass is 9.96. The first-order chi connectivity index (χ1) is 6.97. The van der Waals surface area contributed by atoms with Crippen LogP contribution in [0.15, 0.2) is 12.5 Å². The van der Waals surface area contributed by atoms with Gasteiger partial charge in [0.2, 0.25) is 5.91 Å². The summed E-state index contributed by atoms with van der Waals surface area (Å²) in [4.78, 5) is 15.8. The van der Waals surface area contributed by atoms with Gasteiger partial charge >= 0.3 is 0 Å². The van der Waals surface area contributed by atoms with Crippen molar-refractivity contribution in [1.29, 1.82) is 0 Å². The van der Waals surface area contributed by atoms with Crippen molar-refractivity contribution >= 4 is 11.7 Å². The lowest BCUT2D eigenvalue weighted by Crippen LogP contribution is -2.27. The Labute approximate surface area is 89.7 Å². The second-order valence-electron chi connectivity index (χ2n) is 5.14. The highest BCUT2D eigenvalue weighted by Gasteiger charge is 2.25. The van der Waals surface area contributed by atoms with Crippen molar-refractivity contribution < 1.29 is 4.79 Å². The minimum Gasteiger partial charge on any atom is -0.332 e. The van der Waals surface area contributed by atoms with E-state index in [-0.39, 0.29) is 11.3 Å². The molecule has 1 heterocycles. The van der Waals surface area contributed by atoms with Crippen LogP contribution in [0.5, 0.6) is 0 Å². The third-order valence-electron chi connectivity index (χ3n) is 2.49. The number of hydrogen-bond acceptors (Lipinski definition) is 2. The molecule has 1 N–H and O–H groups in total. The number of nitrogens with zero attached hydrogens (tertiary/aromatic N) is 2. The topological polar surface area (TPSA) is 46.9 Å². The molecule has 1 amide bonds. The predicted molar refractivity (Wildman–Crippen MR) is 58.6 cm³/mol. The van der Waals surface area contributed by atoms with Crippen LogP contribution in [0, 0.1) is 5.41 Å². The molecule has 0 saturated heterocycles. The van der Waals surface area contributed by atoms with E-state index in [1.807, 2.05) is 27.0 Å². The maximum absolute atomic E-state index is 11.7. The summed E-state index contributed by atoms with van der Waals surface area (Å²) in [5.74, 6) is 0.658. The molecule has 15 heavy (non-hydrogen) atoms. The molecule has 1 aromatic rings. The summed E-state index contributed by atoms with van der Waals surface area (Å²) in [6.07, 6.45) is 6.14. The van der Waals surface area contributed by atoms with Gasteiger partial charge in [0.05, 0.1) is 6.33 Å². The Bertz CT molecular complexity index is 371. The molecule has 0 spiro atoms. The van der Waals surface area contributed by atoms with E-state index in [4.69, 9.17) is 0 Å². The lowest BCUT2D eigenvalue weighted by Gasteiger charge is -2.16. The molecule has 1 aliphatic carbocycles. The van der Waals surface area contributed by atoms with Gasteiger partial charge in [0.15, 0.2) is 5.82 Å². The molecule has 0 unspecified atom stereocenters. The Kier molecular flexibility index (Phi) is 2.29. The number of imidazole rings is 1. The fourth-order valence-electron chi connectivity index (χ4n) is 1.28. The highest BCUT2D eigenvalue weighted by atomic mass is 16.2. The van der Waals surface area contributed by atoms with Crippen molar-refractivity contribution in [3.05, 3.63) is 12.5 Å². The predicted octanol–water partition coefficient (Wildman–Crippen LogP) is 2.20. The van der Waals surface area contributed by atoms with Crippen LogP contribution in [-0.4, -0.2) is 15.5 Å². The zero-order chi connectivity index (χ0) is 11.1. The molecule has 1 aromatic heterocycles. The summed E-state index contributed by atoms with van der Waals surface area (Å²) in [7, 11) is 0. The zero-order valence-corrected chi connectivity index (χ0v) is 9.45. The lowest BCUT2D eigenvalue weighted by molar-refractivity contribution is -0.123. The molecule has 0 bridgehead atoms. The van der Waals surface area contributed by atoms with Crippen LogP contribution >= 0.6 is 0 Å². The number of amides is 1. The van der Waals surface area contributed by atoms with Crippen LogP contribution in [0.25, 0.3) is 0 Å². The van der Waals surface area contributed by atoms with Gasteiger partial charge in [0, 0.05) is 17.7 Å². The van der Waals surface area contributed by atoms with Gasteiger partial charge in [0.1, 0.15) is 0 Å². The molecule has 0 aliphatic heterocycles. The van der Waals surface area contributed by atoms with Crippen LogP contribution in [0.2, 0.25) is 0 Å². The SMILES string of the molecule is CC(C)(C)C(=O)Nc1cn(C2CC2)cn1. The average Bonchev–Trinajstić information content (AvgIpc) is 2.87. The van der Waals surface area contributed by atoms with Gasteiger partial charge in [-0.1, -0.05) is 20.8 Å². The van der Waals surface area contributed by atoms with E-state index in [0.717, 1.165) is 0 Å². The van der Waals surface area contributed by atoms with E-state index in [1.165, 1.54) is 12.8 Å². The Morgan fingerprint density at radius 1 is 1.53 bits per heavy atom. The summed E-state index contributed by atoms with van der Waals surface area (Å²) in [5, 5.41) is 2.81. The zero-order valence-electron chi connectivity index (χ0n) is 9.45. The van der Waals surface area contributed by atoms with Gasteiger partial charge in [-0.25, -0.2) is 4.98 Å². The van der Waals surface area contributed by atoms with Gasteiger partial charge in [-0.2, -0.15) is 0 Å². The van der Waals surface area contributed by atoms with Crippen LogP contribution in [0.1, 0.15) is 39.7 Å². The highest BCUT2D eigenvalue weighted by molar-refractivity contribution is 5.93. The number of hydrogen-bond donors (Lipinski definition) is 1. The minimum atomic E-state index is -0.372. The second-order valence-corrected chi connectivity index (χ2v) is 5.14. The molecule has 4 nitrogen and oxygen atoms in total. The van der Waals surface area contributed by atoms with E-state index in [2.05, 4.69) is 14.9 Å². The van der Waals surface area contributed by atoms with Crippen LogP contribution in [0.3, 0.4) is 0 Å². The van der Waals surface area contributed by atoms with E-state index in [0.29, 0.717) is 11.9 Å². The van der Waals surface area contributed by atoms with Gasteiger partial charge < -0.3 is 9.88 Å². The molecule has 82 valence electrons. The van der Waals surface area contributed by atoms with E-state index < -0.39 is 0 Å². The van der Waals surface area contributed by atoms with E-state index in [1.54, 1.807) is 6.33 Å². The van der Waals surface area contributed by atoms with Gasteiger partial charge in [-0.3, -0.25) is 4.79 Å². The van der Waals surface area contributed by atoms with Gasteiger partial charge in [-0.05, 0) is 12.8 Å². The van der Waals surface area contributed by atoms with Crippen molar-refractivity contribution in [2.24, 2.45) is 5.41 Å². The standard InChI is InChI=1S/C11H17N3O/c1-11(2,3)10(15)13-9-6-14(7-12-9)8-4-5-8/h6-8H,4-5H2,1-3H3,(H,13,15). The van der Waals surface area contributed by atoms with Crippen molar-refractivity contribution in [1.82, 2.24) is 9.55 Å². The molecule has 1 fully saturated rings. The normalized spacial score (nSPS) is 16.5. The van der Waals surface area contributed by atoms with E-state index >= 15 is 0 Å². The minimum absolute atomic E-state index is 0.00328. The fraction of sp³-hybridized carbons (Fsp3) is 0.636. The molecule has 0 aromatic carbocycles. The first-order valence-electron chi connectivity index (χ1n) is 5.32. The molecule has 4 heteroatoms. The average molecular weight is 207 g/mol. The second kappa shape index (κ2) is 3.36. The fourth-order valence-corrected chi connectivity index (χ4v) is 1.28. The van der Waals surface area contributed by atoms with Crippen molar-refractivity contribution in [3.8, 4) is 0 Å². The smallest absolute Gasteiger partial charge is 0.230 e. The van der Waals surface area contributed by atoms with Crippen LogP contribution in [0.4, 0.5) is 5.82 Å². The molecule has 2 rings (SSSR count). The first-order valence-corrected chi connectivity index (χ1v) is 5.32. The van der Waals surface area contributed by atoms with Crippen molar-refractivity contribution in [2.45, 2.75) is 39.7 Å². The Morgan fingerprint density at radius 2 is 2.20 bits per heavy atom. The Balaban J connectivity index is 2.01. The molecular formula is C11H17N3O. The van der Waals surface area contributed by atoms with Crippen molar-refractivity contribution in [2.75, 3.05) is 5.32 Å². The maximum atomic E-state index is 11.7. The van der Waals surface area contributed by atoms with Crippen molar-refractivity contribution in [3.63, 3.8) is 0 Å². The van der Waals surface area contributed by atoms with Gasteiger partial charge in [-0.15, -0.1) is 0 Å². The molecule has 1 aliphatic rings. The summed E-state index contributed by atoms with van der Waals surface area (Å²) in [5.41, 5.74) is -0.372. The van der Waals surface area contributed by atoms with Crippen LogP contribution in [-0.2, 0) is 4.79 Å². The number of aromatic nitrogens is 2. The molecular weight excluding hydrogens is 190 g/mol. The highest BCUT2D eigenvalue weighted by Crippen LogP contribution is 2.35. The summed E-state index contributed by atoms with van der Waals surface area (Å²) < 4.78 is 2.07. The molecule has 0 radical (unpaired) electrons. The molecule has 1 saturated carbocycles. The van der Waals surface area contributed by atoms with Gasteiger partial charge in [0.25, 0.3) is 0 Å². The summed E-state index contributed by atoms with van der Waals surface area (Å²) in [6, 6.07) is 0.609. The largest absolute Gasteiger partial charge is 0.332 e. The number of nitrogens with one attached hydrogen (secondary N) is 1. The maximum Gasteiger partial charge on any atom is 0.230 e. The van der Waals surface area contributed by atoms with Crippen LogP contribution < -0.4 is 5.32 Å². The quantitative estimate of drug-likeness (QED) is 0.808.